The van der Waals surface area contributed by atoms with Crippen LogP contribution in [0.2, 0.25) is 0 Å². The SMILES string of the molecule is CCNC(=O)COc1ccc(NC(=O)c2ccc(CN3CC(C)OC(C)C3)cc2)cc1. The van der Waals surface area contributed by atoms with Crippen molar-refractivity contribution in [3.63, 3.8) is 0 Å². The highest BCUT2D eigenvalue weighted by molar-refractivity contribution is 6.04. The fraction of sp³-hybridized carbons (Fsp3) is 0.417. The van der Waals surface area contributed by atoms with Gasteiger partial charge in [0.1, 0.15) is 5.75 Å². The molecule has 1 heterocycles. The second kappa shape index (κ2) is 10.9. The molecule has 7 nitrogen and oxygen atoms in total. The summed E-state index contributed by atoms with van der Waals surface area (Å²) in [5.74, 6) is 0.234. The third-order valence-electron chi connectivity index (χ3n) is 4.97. The largest absolute Gasteiger partial charge is 0.484 e. The van der Waals surface area contributed by atoms with E-state index >= 15 is 0 Å². The number of carbonyl (C=O) groups excluding carboxylic acids is 2. The number of carbonyl (C=O) groups is 2. The molecule has 1 saturated heterocycles. The molecule has 0 bridgehead atoms. The van der Waals surface area contributed by atoms with E-state index in [1.807, 2.05) is 31.2 Å². The van der Waals surface area contributed by atoms with Gasteiger partial charge in [-0.3, -0.25) is 14.5 Å². The zero-order valence-electron chi connectivity index (χ0n) is 18.4. The fourth-order valence-electron chi connectivity index (χ4n) is 3.67. The summed E-state index contributed by atoms with van der Waals surface area (Å²) in [7, 11) is 0. The Labute approximate surface area is 183 Å². The van der Waals surface area contributed by atoms with Gasteiger partial charge in [-0.05, 0) is 62.7 Å². The van der Waals surface area contributed by atoms with Crippen molar-refractivity contribution in [1.82, 2.24) is 10.2 Å². The lowest BCUT2D eigenvalue weighted by Gasteiger charge is -2.35. The Morgan fingerprint density at radius 2 is 1.68 bits per heavy atom. The predicted octanol–water partition coefficient (Wildman–Crippen LogP) is 3.06. The molecule has 0 aliphatic carbocycles. The van der Waals surface area contributed by atoms with Crippen molar-refractivity contribution < 1.29 is 19.1 Å². The molecule has 7 heteroatoms. The number of ether oxygens (including phenoxy) is 2. The summed E-state index contributed by atoms with van der Waals surface area (Å²) in [4.78, 5) is 26.4. The summed E-state index contributed by atoms with van der Waals surface area (Å²) in [6, 6.07) is 14.6. The lowest BCUT2D eigenvalue weighted by molar-refractivity contribution is -0.122. The van der Waals surface area contributed by atoms with Crippen molar-refractivity contribution in [3.8, 4) is 5.75 Å². The van der Waals surface area contributed by atoms with Crippen LogP contribution in [0.5, 0.6) is 5.75 Å². The summed E-state index contributed by atoms with van der Waals surface area (Å²) in [5, 5.41) is 5.56. The Kier molecular flexibility index (Phi) is 8.03. The molecular formula is C24H31N3O4. The lowest BCUT2D eigenvalue weighted by Crippen LogP contribution is -2.44. The minimum atomic E-state index is -0.170. The van der Waals surface area contributed by atoms with Crippen molar-refractivity contribution in [2.75, 3.05) is 31.6 Å². The van der Waals surface area contributed by atoms with Crippen molar-refractivity contribution >= 4 is 17.5 Å². The number of morpholine rings is 1. The monoisotopic (exact) mass is 425 g/mol. The molecule has 166 valence electrons. The van der Waals surface area contributed by atoms with Crippen LogP contribution < -0.4 is 15.4 Å². The van der Waals surface area contributed by atoms with Gasteiger partial charge in [-0.2, -0.15) is 0 Å². The van der Waals surface area contributed by atoms with Crippen LogP contribution in [0.4, 0.5) is 5.69 Å². The quantitative estimate of drug-likeness (QED) is 0.680. The molecule has 2 N–H and O–H groups in total. The Morgan fingerprint density at radius 1 is 1.03 bits per heavy atom. The number of anilines is 1. The van der Waals surface area contributed by atoms with E-state index in [0.29, 0.717) is 23.5 Å². The standard InChI is InChI=1S/C24H31N3O4/c1-4-25-23(28)16-30-22-11-9-21(10-12-22)26-24(29)20-7-5-19(6-8-20)15-27-13-17(2)31-18(3)14-27/h5-12,17-18H,4,13-16H2,1-3H3,(H,25,28)(H,26,29). The molecule has 1 aliphatic heterocycles. The molecule has 2 amide bonds. The van der Waals surface area contributed by atoms with E-state index in [9.17, 15) is 9.59 Å². The minimum absolute atomic E-state index is 0.0336. The summed E-state index contributed by atoms with van der Waals surface area (Å²) in [5.41, 5.74) is 2.44. The normalized spacial score (nSPS) is 18.9. The van der Waals surface area contributed by atoms with Crippen LogP contribution in [0.25, 0.3) is 0 Å². The molecule has 2 atom stereocenters. The van der Waals surface area contributed by atoms with E-state index < -0.39 is 0 Å². The minimum Gasteiger partial charge on any atom is -0.484 e. The first kappa shape index (κ1) is 22.8. The van der Waals surface area contributed by atoms with Gasteiger partial charge in [0.2, 0.25) is 0 Å². The number of amides is 2. The van der Waals surface area contributed by atoms with Gasteiger partial charge in [0.05, 0.1) is 12.2 Å². The van der Waals surface area contributed by atoms with Crippen molar-refractivity contribution in [3.05, 3.63) is 59.7 Å². The Hall–Kier alpha value is -2.90. The topological polar surface area (TPSA) is 79.9 Å². The first-order valence-corrected chi connectivity index (χ1v) is 10.7. The highest BCUT2D eigenvalue weighted by Crippen LogP contribution is 2.18. The zero-order valence-corrected chi connectivity index (χ0v) is 18.4. The van der Waals surface area contributed by atoms with E-state index in [2.05, 4.69) is 29.4 Å². The molecule has 1 fully saturated rings. The number of likely N-dealkylation sites (N-methyl/N-ethyl adjacent to an activating group) is 1. The summed E-state index contributed by atoms with van der Waals surface area (Å²) in [6.45, 7) is 9.25. The Bertz CT molecular complexity index is 857. The molecule has 31 heavy (non-hydrogen) atoms. The average molecular weight is 426 g/mol. The maximum absolute atomic E-state index is 12.6. The van der Waals surface area contributed by atoms with Crippen molar-refractivity contribution in [2.45, 2.75) is 39.5 Å². The van der Waals surface area contributed by atoms with Gasteiger partial charge in [-0.1, -0.05) is 12.1 Å². The molecular weight excluding hydrogens is 394 g/mol. The number of hydrogen-bond donors (Lipinski definition) is 2. The Balaban J connectivity index is 1.50. The maximum Gasteiger partial charge on any atom is 0.257 e. The second-order valence-electron chi connectivity index (χ2n) is 7.87. The van der Waals surface area contributed by atoms with Crippen LogP contribution in [0.3, 0.4) is 0 Å². The second-order valence-corrected chi connectivity index (χ2v) is 7.87. The van der Waals surface area contributed by atoms with Crippen LogP contribution in [0.1, 0.15) is 36.7 Å². The number of nitrogens with zero attached hydrogens (tertiary/aromatic N) is 1. The fourth-order valence-corrected chi connectivity index (χ4v) is 3.67. The third kappa shape index (κ3) is 7.08. The van der Waals surface area contributed by atoms with Crippen LogP contribution in [-0.4, -0.2) is 55.2 Å². The molecule has 0 radical (unpaired) electrons. The summed E-state index contributed by atoms with van der Waals surface area (Å²) in [6.07, 6.45) is 0.471. The van der Waals surface area contributed by atoms with Gasteiger partial charge >= 0.3 is 0 Å². The van der Waals surface area contributed by atoms with E-state index in [1.165, 1.54) is 5.56 Å². The number of benzene rings is 2. The van der Waals surface area contributed by atoms with Gasteiger partial charge < -0.3 is 20.1 Å². The van der Waals surface area contributed by atoms with Gasteiger partial charge in [-0.15, -0.1) is 0 Å². The van der Waals surface area contributed by atoms with Crippen LogP contribution in [0, 0.1) is 0 Å². The molecule has 0 spiro atoms. The molecule has 1 aliphatic rings. The first-order chi connectivity index (χ1) is 14.9. The van der Waals surface area contributed by atoms with Gasteiger partial charge in [-0.25, -0.2) is 0 Å². The average Bonchev–Trinajstić information content (AvgIpc) is 2.73. The third-order valence-corrected chi connectivity index (χ3v) is 4.97. The van der Waals surface area contributed by atoms with E-state index in [1.54, 1.807) is 24.3 Å². The predicted molar refractivity (Wildman–Crippen MR) is 120 cm³/mol. The van der Waals surface area contributed by atoms with E-state index in [0.717, 1.165) is 19.6 Å². The lowest BCUT2D eigenvalue weighted by atomic mass is 10.1. The van der Waals surface area contributed by atoms with E-state index in [-0.39, 0.29) is 30.6 Å². The highest BCUT2D eigenvalue weighted by Gasteiger charge is 2.22. The van der Waals surface area contributed by atoms with Gasteiger partial charge in [0.15, 0.2) is 6.61 Å². The molecule has 2 aromatic rings. The van der Waals surface area contributed by atoms with Crippen LogP contribution in [0.15, 0.2) is 48.5 Å². The smallest absolute Gasteiger partial charge is 0.257 e. The molecule has 2 aromatic carbocycles. The molecule has 3 rings (SSSR count). The maximum atomic E-state index is 12.6. The molecule has 2 unspecified atom stereocenters. The highest BCUT2D eigenvalue weighted by atomic mass is 16.5. The van der Waals surface area contributed by atoms with Crippen molar-refractivity contribution in [2.24, 2.45) is 0 Å². The number of hydrogen-bond acceptors (Lipinski definition) is 5. The van der Waals surface area contributed by atoms with Crippen LogP contribution in [-0.2, 0) is 16.1 Å². The van der Waals surface area contributed by atoms with Crippen molar-refractivity contribution in [1.29, 1.82) is 0 Å². The molecule has 0 aromatic heterocycles. The Morgan fingerprint density at radius 3 is 2.29 bits per heavy atom. The summed E-state index contributed by atoms with van der Waals surface area (Å²) >= 11 is 0. The van der Waals surface area contributed by atoms with E-state index in [4.69, 9.17) is 9.47 Å². The zero-order chi connectivity index (χ0) is 22.2. The number of nitrogens with one attached hydrogen (secondary N) is 2. The van der Waals surface area contributed by atoms with Gasteiger partial charge in [0, 0.05) is 37.4 Å². The first-order valence-electron chi connectivity index (χ1n) is 10.7. The molecule has 0 saturated carbocycles. The summed E-state index contributed by atoms with van der Waals surface area (Å²) < 4.78 is 11.2. The van der Waals surface area contributed by atoms with Gasteiger partial charge in [0.25, 0.3) is 11.8 Å². The number of rotatable bonds is 8. The van der Waals surface area contributed by atoms with Crippen LogP contribution >= 0.6 is 0 Å².